The fourth-order valence-electron chi connectivity index (χ4n) is 3.50. The average Bonchev–Trinajstić information content (AvgIpc) is 3.10. The zero-order chi connectivity index (χ0) is 17.2. The van der Waals surface area contributed by atoms with E-state index in [0.29, 0.717) is 11.3 Å². The molecule has 0 fully saturated rings. The van der Waals surface area contributed by atoms with Gasteiger partial charge in [-0.1, -0.05) is 36.4 Å². The van der Waals surface area contributed by atoms with Crippen LogP contribution in [0.3, 0.4) is 0 Å². The number of fused-ring (bicyclic) bond motifs is 1. The Hall–Kier alpha value is -2.92. The summed E-state index contributed by atoms with van der Waals surface area (Å²) in [6.45, 7) is 2.84. The van der Waals surface area contributed by atoms with Gasteiger partial charge in [-0.3, -0.25) is 10.1 Å². The first-order valence-corrected chi connectivity index (χ1v) is 8.43. The molecular formula is C20H19N2O3+. The van der Waals surface area contributed by atoms with Crippen LogP contribution in [0.2, 0.25) is 0 Å². The fraction of sp³-hybridized carbons (Fsp3) is 0.200. The van der Waals surface area contributed by atoms with Crippen molar-refractivity contribution in [2.45, 2.75) is 19.5 Å². The highest BCUT2D eigenvalue weighted by molar-refractivity contribution is 5.69. The van der Waals surface area contributed by atoms with Crippen molar-refractivity contribution in [3.05, 3.63) is 87.7 Å². The Morgan fingerprint density at radius 2 is 1.76 bits per heavy atom. The summed E-state index contributed by atoms with van der Waals surface area (Å²) in [5.74, 6) is 1.42. The molecule has 0 saturated heterocycles. The van der Waals surface area contributed by atoms with Crippen molar-refractivity contribution in [3.63, 3.8) is 0 Å². The lowest BCUT2D eigenvalue weighted by atomic mass is 10.00. The summed E-state index contributed by atoms with van der Waals surface area (Å²) in [6.07, 6.45) is 1.07. The zero-order valence-corrected chi connectivity index (χ0v) is 13.8. The Labute approximate surface area is 145 Å². The molecule has 5 nitrogen and oxygen atoms in total. The van der Waals surface area contributed by atoms with E-state index in [1.807, 2.05) is 12.1 Å². The van der Waals surface area contributed by atoms with Crippen molar-refractivity contribution in [1.82, 2.24) is 0 Å². The summed E-state index contributed by atoms with van der Waals surface area (Å²) in [5.41, 5.74) is 3.43. The van der Waals surface area contributed by atoms with Gasteiger partial charge in [0, 0.05) is 18.1 Å². The lowest BCUT2D eigenvalue weighted by molar-refractivity contribution is -0.930. The first-order valence-electron chi connectivity index (χ1n) is 8.43. The van der Waals surface area contributed by atoms with Gasteiger partial charge in [-0.15, -0.1) is 0 Å². The molecule has 1 atom stereocenters. The van der Waals surface area contributed by atoms with E-state index in [2.05, 4.69) is 24.3 Å². The molecule has 25 heavy (non-hydrogen) atoms. The lowest BCUT2D eigenvalue weighted by Gasteiger charge is -2.25. The number of nitro groups is 1. The van der Waals surface area contributed by atoms with Crippen molar-refractivity contribution in [2.75, 3.05) is 6.54 Å². The minimum atomic E-state index is -0.371. The Bertz CT molecular complexity index is 917. The van der Waals surface area contributed by atoms with Crippen LogP contribution in [0, 0.1) is 10.1 Å². The number of hydrogen-bond acceptors (Lipinski definition) is 3. The molecule has 1 aliphatic rings. The largest absolute Gasteiger partial charge is 0.455 e. The third kappa shape index (κ3) is 3.19. The first-order chi connectivity index (χ1) is 12.2. The minimum absolute atomic E-state index is 0.0719. The van der Waals surface area contributed by atoms with Crippen LogP contribution in [0.25, 0.3) is 11.3 Å². The Morgan fingerprint density at radius 1 is 1.00 bits per heavy atom. The topological polar surface area (TPSA) is 60.7 Å². The van der Waals surface area contributed by atoms with E-state index in [1.165, 1.54) is 22.1 Å². The lowest BCUT2D eigenvalue weighted by Crippen LogP contribution is -3.10. The minimum Gasteiger partial charge on any atom is -0.455 e. The van der Waals surface area contributed by atoms with Crippen molar-refractivity contribution >= 4 is 5.69 Å². The molecule has 0 aliphatic carbocycles. The molecule has 1 unspecified atom stereocenters. The molecule has 2 aromatic carbocycles. The van der Waals surface area contributed by atoms with Gasteiger partial charge in [-0.25, -0.2) is 0 Å². The SMILES string of the molecule is O=[N+]([O-])c1ccccc1-c1ccc(C[NH+]2CCc3ccccc3C2)o1. The molecule has 5 heteroatoms. The van der Waals surface area contributed by atoms with E-state index < -0.39 is 0 Å². The molecule has 0 saturated carbocycles. The van der Waals surface area contributed by atoms with Crippen LogP contribution in [0.4, 0.5) is 5.69 Å². The van der Waals surface area contributed by atoms with E-state index in [1.54, 1.807) is 18.2 Å². The van der Waals surface area contributed by atoms with Crippen LogP contribution in [0.5, 0.6) is 0 Å². The monoisotopic (exact) mass is 335 g/mol. The second kappa shape index (κ2) is 6.53. The summed E-state index contributed by atoms with van der Waals surface area (Å²) >= 11 is 0. The maximum absolute atomic E-state index is 11.2. The summed E-state index contributed by atoms with van der Waals surface area (Å²) in [7, 11) is 0. The van der Waals surface area contributed by atoms with Crippen LogP contribution in [-0.4, -0.2) is 11.5 Å². The van der Waals surface area contributed by atoms with Crippen molar-refractivity contribution in [2.24, 2.45) is 0 Å². The van der Waals surface area contributed by atoms with E-state index in [4.69, 9.17) is 4.42 Å². The molecule has 0 amide bonds. The van der Waals surface area contributed by atoms with E-state index in [-0.39, 0.29) is 10.6 Å². The molecule has 2 heterocycles. The highest BCUT2D eigenvalue weighted by atomic mass is 16.6. The normalized spacial score (nSPS) is 16.4. The molecular weight excluding hydrogens is 316 g/mol. The number of hydrogen-bond donors (Lipinski definition) is 1. The van der Waals surface area contributed by atoms with Crippen molar-refractivity contribution in [3.8, 4) is 11.3 Å². The van der Waals surface area contributed by atoms with Crippen molar-refractivity contribution in [1.29, 1.82) is 0 Å². The average molecular weight is 335 g/mol. The van der Waals surface area contributed by atoms with Crippen LogP contribution in [0.1, 0.15) is 16.9 Å². The number of para-hydroxylation sites is 1. The van der Waals surface area contributed by atoms with Gasteiger partial charge in [0.2, 0.25) is 0 Å². The molecule has 126 valence electrons. The molecule has 4 rings (SSSR count). The number of quaternary nitrogens is 1. The van der Waals surface area contributed by atoms with Gasteiger partial charge >= 0.3 is 0 Å². The van der Waals surface area contributed by atoms with Crippen LogP contribution in [-0.2, 0) is 19.5 Å². The smallest absolute Gasteiger partial charge is 0.280 e. The zero-order valence-electron chi connectivity index (χ0n) is 13.8. The maximum atomic E-state index is 11.2. The van der Waals surface area contributed by atoms with Crippen LogP contribution in [0.15, 0.2) is 65.1 Å². The van der Waals surface area contributed by atoms with Gasteiger partial charge in [-0.2, -0.15) is 0 Å². The predicted octanol–water partition coefficient (Wildman–Crippen LogP) is 3.00. The van der Waals surface area contributed by atoms with E-state index >= 15 is 0 Å². The third-order valence-electron chi connectivity index (χ3n) is 4.76. The summed E-state index contributed by atoms with van der Waals surface area (Å²) < 4.78 is 5.93. The first kappa shape index (κ1) is 15.6. The highest BCUT2D eigenvalue weighted by Gasteiger charge is 2.22. The summed E-state index contributed by atoms with van der Waals surface area (Å²) in [6, 6.07) is 19.0. The quantitative estimate of drug-likeness (QED) is 0.589. The maximum Gasteiger partial charge on any atom is 0.280 e. The Kier molecular flexibility index (Phi) is 4.07. The van der Waals surface area contributed by atoms with Crippen molar-refractivity contribution < 1.29 is 14.2 Å². The number of benzene rings is 2. The molecule has 1 N–H and O–H groups in total. The van der Waals surface area contributed by atoms with Gasteiger partial charge in [0.05, 0.1) is 17.0 Å². The second-order valence-corrected chi connectivity index (χ2v) is 6.41. The van der Waals surface area contributed by atoms with E-state index in [0.717, 1.165) is 31.8 Å². The number of nitro benzene ring substituents is 1. The summed E-state index contributed by atoms with van der Waals surface area (Å²) in [5, 5.41) is 11.2. The molecule has 3 aromatic rings. The van der Waals surface area contributed by atoms with Gasteiger partial charge in [0.15, 0.2) is 5.76 Å². The van der Waals surface area contributed by atoms with Gasteiger partial charge in [-0.05, 0) is 23.8 Å². The van der Waals surface area contributed by atoms with Crippen LogP contribution < -0.4 is 4.90 Å². The van der Waals surface area contributed by atoms with E-state index in [9.17, 15) is 10.1 Å². The molecule has 0 spiro atoms. The van der Waals surface area contributed by atoms with Crippen LogP contribution >= 0.6 is 0 Å². The van der Waals surface area contributed by atoms with Gasteiger partial charge in [0.25, 0.3) is 5.69 Å². The Balaban J connectivity index is 1.52. The van der Waals surface area contributed by atoms with Gasteiger partial charge in [0.1, 0.15) is 18.8 Å². The summed E-state index contributed by atoms with van der Waals surface area (Å²) in [4.78, 5) is 12.3. The number of furan rings is 1. The number of nitrogens with one attached hydrogen (secondary N) is 1. The molecule has 0 bridgehead atoms. The predicted molar refractivity (Wildman–Crippen MR) is 94.2 cm³/mol. The molecule has 1 aromatic heterocycles. The standard InChI is InChI=1S/C20H18N2O3/c23-22(24)19-8-4-3-7-18(19)20-10-9-17(25-20)14-21-12-11-15-5-1-2-6-16(15)13-21/h1-10H,11-14H2/p+1. The highest BCUT2D eigenvalue weighted by Crippen LogP contribution is 2.30. The second-order valence-electron chi connectivity index (χ2n) is 6.41. The van der Waals surface area contributed by atoms with Gasteiger partial charge < -0.3 is 9.32 Å². The molecule has 1 aliphatic heterocycles. The Morgan fingerprint density at radius 3 is 2.60 bits per heavy atom. The molecule has 0 radical (unpaired) electrons. The number of nitrogens with zero attached hydrogens (tertiary/aromatic N) is 1. The fourth-order valence-corrected chi connectivity index (χ4v) is 3.50. The third-order valence-corrected chi connectivity index (χ3v) is 4.76. The number of rotatable bonds is 4.